The Labute approximate surface area is 111 Å². The van der Waals surface area contributed by atoms with Gasteiger partial charge in [0.1, 0.15) is 0 Å². The highest BCUT2D eigenvalue weighted by Gasteiger charge is 2.14. The van der Waals surface area contributed by atoms with Gasteiger partial charge in [-0.3, -0.25) is 0 Å². The van der Waals surface area contributed by atoms with Crippen LogP contribution in [0.3, 0.4) is 0 Å². The first-order valence-corrected chi connectivity index (χ1v) is 6.04. The van der Waals surface area contributed by atoms with E-state index in [1.54, 1.807) is 25.1 Å². The van der Waals surface area contributed by atoms with Crippen molar-refractivity contribution in [3.05, 3.63) is 23.8 Å². The Bertz CT molecular complexity index is 386. The van der Waals surface area contributed by atoms with Gasteiger partial charge in [0.25, 0.3) is 0 Å². The number of hydrogen-bond donors (Lipinski definition) is 2. The van der Waals surface area contributed by atoms with Crippen molar-refractivity contribution in [2.75, 3.05) is 13.7 Å². The molecule has 19 heavy (non-hydrogen) atoms. The summed E-state index contributed by atoms with van der Waals surface area (Å²) in [6, 6.07) is 4.97. The predicted octanol–water partition coefficient (Wildman–Crippen LogP) is 2.16. The molecule has 0 radical (unpaired) electrons. The Morgan fingerprint density at radius 1 is 1.37 bits per heavy atom. The van der Waals surface area contributed by atoms with E-state index in [2.05, 4.69) is 10.1 Å². The van der Waals surface area contributed by atoms with Crippen molar-refractivity contribution in [2.24, 2.45) is 0 Å². The number of ether oxygens (including phenoxy) is 2. The molecule has 0 saturated heterocycles. The molecular weight excluding hydrogens is 256 g/mol. The van der Waals surface area contributed by atoms with Crippen molar-refractivity contribution in [1.29, 1.82) is 0 Å². The third kappa shape index (κ3) is 5.40. The molecular formula is C13H19F2NO3. The number of alkyl halides is 2. The van der Waals surface area contributed by atoms with Crippen LogP contribution in [0.4, 0.5) is 8.78 Å². The summed E-state index contributed by atoms with van der Waals surface area (Å²) < 4.78 is 34.3. The van der Waals surface area contributed by atoms with Crippen LogP contribution in [0, 0.1) is 0 Å². The first kappa shape index (κ1) is 15.7. The molecule has 0 aliphatic rings. The lowest BCUT2D eigenvalue weighted by atomic mass is 10.1. The summed E-state index contributed by atoms with van der Waals surface area (Å²) in [7, 11) is 1.40. The number of aliphatic hydroxyl groups excluding tert-OH is 1. The molecule has 0 heterocycles. The minimum Gasteiger partial charge on any atom is -0.493 e. The summed E-state index contributed by atoms with van der Waals surface area (Å²) in [6.07, 6.45) is 0.198. The molecule has 1 rings (SSSR count). The average molecular weight is 275 g/mol. The van der Waals surface area contributed by atoms with Crippen LogP contribution in [0.15, 0.2) is 18.2 Å². The summed E-state index contributed by atoms with van der Waals surface area (Å²) in [5.41, 5.74) is 0.588. The molecule has 0 bridgehead atoms. The van der Waals surface area contributed by atoms with E-state index in [-0.39, 0.29) is 11.5 Å². The molecule has 1 unspecified atom stereocenters. The van der Waals surface area contributed by atoms with Crippen LogP contribution in [-0.2, 0) is 6.54 Å². The van der Waals surface area contributed by atoms with Gasteiger partial charge in [0.15, 0.2) is 11.5 Å². The smallest absolute Gasteiger partial charge is 0.387 e. The maximum Gasteiger partial charge on any atom is 0.387 e. The minimum atomic E-state index is -2.90. The average Bonchev–Trinajstić information content (AvgIpc) is 2.35. The first-order chi connectivity index (χ1) is 9.04. The molecule has 1 aromatic rings. The number of nitrogens with one attached hydrogen (secondary N) is 1. The van der Waals surface area contributed by atoms with Crippen molar-refractivity contribution in [1.82, 2.24) is 5.32 Å². The van der Waals surface area contributed by atoms with Crippen molar-refractivity contribution < 1.29 is 23.4 Å². The van der Waals surface area contributed by atoms with Crippen molar-refractivity contribution in [2.45, 2.75) is 32.6 Å². The Morgan fingerprint density at radius 2 is 2.11 bits per heavy atom. The second-order valence-corrected chi connectivity index (χ2v) is 4.14. The molecule has 0 saturated carbocycles. The van der Waals surface area contributed by atoms with Gasteiger partial charge in [0.05, 0.1) is 13.2 Å². The lowest BCUT2D eigenvalue weighted by Gasteiger charge is -2.15. The highest BCUT2D eigenvalue weighted by Crippen LogP contribution is 2.32. The van der Waals surface area contributed by atoms with E-state index in [0.717, 1.165) is 0 Å². The second kappa shape index (κ2) is 7.91. The van der Waals surface area contributed by atoms with E-state index in [0.29, 0.717) is 25.1 Å². The molecule has 0 amide bonds. The van der Waals surface area contributed by atoms with Gasteiger partial charge < -0.3 is 19.9 Å². The Morgan fingerprint density at radius 3 is 2.68 bits per heavy atom. The molecule has 0 fully saturated rings. The normalized spacial score (nSPS) is 12.5. The number of para-hydroxylation sites is 1. The summed E-state index contributed by atoms with van der Waals surface area (Å²) in [6.45, 7) is -0.249. The van der Waals surface area contributed by atoms with E-state index in [1.807, 2.05) is 0 Å². The van der Waals surface area contributed by atoms with Crippen LogP contribution in [-0.4, -0.2) is 31.5 Å². The first-order valence-electron chi connectivity index (χ1n) is 6.04. The summed E-state index contributed by atoms with van der Waals surface area (Å²) >= 11 is 0. The molecule has 1 aromatic carbocycles. The molecule has 6 heteroatoms. The third-order valence-electron chi connectivity index (χ3n) is 2.54. The van der Waals surface area contributed by atoms with Crippen LogP contribution < -0.4 is 14.8 Å². The van der Waals surface area contributed by atoms with Crippen LogP contribution >= 0.6 is 0 Å². The van der Waals surface area contributed by atoms with Gasteiger partial charge >= 0.3 is 6.61 Å². The van der Waals surface area contributed by atoms with Gasteiger partial charge in [-0.2, -0.15) is 8.78 Å². The lowest BCUT2D eigenvalue weighted by molar-refractivity contribution is -0.0518. The monoisotopic (exact) mass is 275 g/mol. The fraction of sp³-hybridized carbons (Fsp3) is 0.538. The van der Waals surface area contributed by atoms with E-state index >= 15 is 0 Å². The summed E-state index contributed by atoms with van der Waals surface area (Å²) in [5.74, 6) is 0.319. The van der Waals surface area contributed by atoms with Crippen LogP contribution in [0.5, 0.6) is 11.5 Å². The zero-order chi connectivity index (χ0) is 14.3. The second-order valence-electron chi connectivity index (χ2n) is 4.14. The Hall–Kier alpha value is -1.40. The largest absolute Gasteiger partial charge is 0.493 e. The van der Waals surface area contributed by atoms with Crippen molar-refractivity contribution >= 4 is 0 Å². The van der Waals surface area contributed by atoms with Gasteiger partial charge in [-0.15, -0.1) is 0 Å². The van der Waals surface area contributed by atoms with Crippen LogP contribution in [0.25, 0.3) is 0 Å². The Kier molecular flexibility index (Phi) is 6.52. The van der Waals surface area contributed by atoms with E-state index < -0.39 is 12.7 Å². The number of rotatable bonds is 8. The number of halogens is 2. The molecule has 0 aliphatic heterocycles. The molecule has 4 nitrogen and oxygen atoms in total. The highest BCUT2D eigenvalue weighted by molar-refractivity contribution is 5.46. The summed E-state index contributed by atoms with van der Waals surface area (Å²) in [4.78, 5) is 0. The lowest BCUT2D eigenvalue weighted by Crippen LogP contribution is -2.19. The van der Waals surface area contributed by atoms with Gasteiger partial charge in [-0.05, 0) is 26.0 Å². The quantitative estimate of drug-likeness (QED) is 0.714. The molecule has 1 atom stereocenters. The van der Waals surface area contributed by atoms with Gasteiger partial charge in [0.2, 0.25) is 0 Å². The molecule has 0 aliphatic carbocycles. The molecule has 0 aromatic heterocycles. The van der Waals surface area contributed by atoms with Crippen molar-refractivity contribution in [3.63, 3.8) is 0 Å². The third-order valence-corrected chi connectivity index (χ3v) is 2.54. The van der Waals surface area contributed by atoms with E-state index in [1.165, 1.54) is 7.11 Å². The zero-order valence-corrected chi connectivity index (χ0v) is 11.0. The van der Waals surface area contributed by atoms with Gasteiger partial charge in [-0.1, -0.05) is 12.1 Å². The number of aliphatic hydroxyl groups is 1. The number of benzene rings is 1. The molecule has 0 spiro atoms. The standard InChI is InChI=1S/C13H19F2NO3/c1-9(17)6-7-16-8-10-4-3-5-11(18-2)12(10)19-13(14)15/h3-5,9,13,16-17H,6-8H2,1-2H3. The van der Waals surface area contributed by atoms with Gasteiger partial charge in [0, 0.05) is 12.1 Å². The van der Waals surface area contributed by atoms with Crippen molar-refractivity contribution in [3.8, 4) is 11.5 Å². The SMILES string of the molecule is COc1cccc(CNCCC(C)O)c1OC(F)F. The fourth-order valence-corrected chi connectivity index (χ4v) is 1.62. The number of hydrogen-bond acceptors (Lipinski definition) is 4. The van der Waals surface area contributed by atoms with Gasteiger partial charge in [-0.25, -0.2) is 0 Å². The predicted molar refractivity (Wildman–Crippen MR) is 67.6 cm³/mol. The fourth-order valence-electron chi connectivity index (χ4n) is 1.62. The molecule has 108 valence electrons. The highest BCUT2D eigenvalue weighted by atomic mass is 19.3. The van der Waals surface area contributed by atoms with E-state index in [9.17, 15) is 8.78 Å². The maximum atomic E-state index is 12.4. The summed E-state index contributed by atoms with van der Waals surface area (Å²) in [5, 5.41) is 12.2. The van der Waals surface area contributed by atoms with E-state index in [4.69, 9.17) is 9.84 Å². The minimum absolute atomic E-state index is 0.0459. The van der Waals surface area contributed by atoms with Crippen LogP contribution in [0.1, 0.15) is 18.9 Å². The zero-order valence-electron chi connectivity index (χ0n) is 11.0. The maximum absolute atomic E-state index is 12.4. The molecule has 2 N–H and O–H groups in total. The topological polar surface area (TPSA) is 50.7 Å². The number of methoxy groups -OCH3 is 1. The Balaban J connectivity index is 2.70. The van der Waals surface area contributed by atoms with Crippen LogP contribution in [0.2, 0.25) is 0 Å².